The Hall–Kier alpha value is -0.610. The minimum atomic E-state index is -0.869. The number of carbonyl (C=O) groups is 1. The van der Waals surface area contributed by atoms with Crippen LogP contribution in [-0.2, 0) is 4.79 Å². The SMILES string of the molecule is CN1CCC(CO)(C(=O)O)CC1. The highest BCUT2D eigenvalue weighted by Gasteiger charge is 2.40. The van der Waals surface area contributed by atoms with Crippen LogP contribution in [0.25, 0.3) is 0 Å². The van der Waals surface area contributed by atoms with Gasteiger partial charge in [0.05, 0.1) is 12.0 Å². The molecule has 0 amide bonds. The number of aliphatic hydroxyl groups excluding tert-OH is 1. The Morgan fingerprint density at radius 1 is 1.50 bits per heavy atom. The first-order chi connectivity index (χ1) is 5.60. The van der Waals surface area contributed by atoms with Crippen LogP contribution >= 0.6 is 0 Å². The number of carboxylic acid groups (broad SMARTS) is 1. The van der Waals surface area contributed by atoms with Gasteiger partial charge >= 0.3 is 5.97 Å². The highest BCUT2D eigenvalue weighted by atomic mass is 16.4. The molecule has 1 heterocycles. The molecule has 0 aromatic rings. The fourth-order valence-corrected chi connectivity index (χ4v) is 1.49. The van der Waals surface area contributed by atoms with Gasteiger partial charge in [-0.3, -0.25) is 4.79 Å². The molecule has 2 N–H and O–H groups in total. The molecule has 1 rings (SSSR count). The largest absolute Gasteiger partial charge is 0.481 e. The van der Waals surface area contributed by atoms with Gasteiger partial charge in [-0.1, -0.05) is 0 Å². The Labute approximate surface area is 71.8 Å². The number of nitrogens with zero attached hydrogens (tertiary/aromatic N) is 1. The Kier molecular flexibility index (Phi) is 2.69. The molecule has 4 nitrogen and oxygen atoms in total. The predicted molar refractivity (Wildman–Crippen MR) is 43.9 cm³/mol. The van der Waals surface area contributed by atoms with Gasteiger partial charge < -0.3 is 15.1 Å². The summed E-state index contributed by atoms with van der Waals surface area (Å²) in [6.07, 6.45) is 1.10. The van der Waals surface area contributed by atoms with Crippen LogP contribution in [0.1, 0.15) is 12.8 Å². The maximum absolute atomic E-state index is 10.8. The van der Waals surface area contributed by atoms with Gasteiger partial charge in [-0.2, -0.15) is 0 Å². The van der Waals surface area contributed by atoms with Crippen molar-refractivity contribution < 1.29 is 15.0 Å². The maximum Gasteiger partial charge on any atom is 0.312 e. The molecule has 0 saturated carbocycles. The van der Waals surface area contributed by atoms with Crippen LogP contribution in [0.15, 0.2) is 0 Å². The number of hydrogen-bond donors (Lipinski definition) is 2. The molecule has 1 aliphatic heterocycles. The Morgan fingerprint density at radius 2 is 2.00 bits per heavy atom. The van der Waals surface area contributed by atoms with Crippen molar-refractivity contribution in [3.05, 3.63) is 0 Å². The maximum atomic E-state index is 10.8. The average Bonchev–Trinajstić information content (AvgIpc) is 2.06. The quantitative estimate of drug-likeness (QED) is 0.606. The number of aliphatic carboxylic acids is 1. The van der Waals surface area contributed by atoms with E-state index in [0.717, 1.165) is 13.1 Å². The van der Waals surface area contributed by atoms with Crippen LogP contribution in [0.5, 0.6) is 0 Å². The molecular weight excluding hydrogens is 158 g/mol. The van der Waals surface area contributed by atoms with Crippen molar-refractivity contribution in [3.8, 4) is 0 Å². The van der Waals surface area contributed by atoms with Crippen LogP contribution in [0.3, 0.4) is 0 Å². The van der Waals surface area contributed by atoms with Crippen LogP contribution in [0.4, 0.5) is 0 Å². The first-order valence-corrected chi connectivity index (χ1v) is 4.13. The minimum absolute atomic E-state index is 0.240. The van der Waals surface area contributed by atoms with E-state index in [0.29, 0.717) is 12.8 Å². The van der Waals surface area contributed by atoms with Crippen LogP contribution in [0, 0.1) is 5.41 Å². The van der Waals surface area contributed by atoms with E-state index in [2.05, 4.69) is 4.90 Å². The van der Waals surface area contributed by atoms with Gasteiger partial charge in [-0.05, 0) is 33.0 Å². The Bertz CT molecular complexity index is 173. The molecule has 0 atom stereocenters. The number of likely N-dealkylation sites (tertiary alicyclic amines) is 1. The van der Waals surface area contributed by atoms with Crippen molar-refractivity contribution in [1.82, 2.24) is 4.90 Å². The molecule has 1 aliphatic rings. The molecule has 1 fully saturated rings. The normalized spacial score (nSPS) is 23.8. The van der Waals surface area contributed by atoms with E-state index in [4.69, 9.17) is 10.2 Å². The summed E-state index contributed by atoms with van der Waals surface area (Å²) in [6, 6.07) is 0. The second kappa shape index (κ2) is 3.41. The monoisotopic (exact) mass is 173 g/mol. The topological polar surface area (TPSA) is 60.8 Å². The zero-order chi connectivity index (χ0) is 9.19. The molecule has 0 spiro atoms. The van der Waals surface area contributed by atoms with Gasteiger partial charge in [0.2, 0.25) is 0 Å². The fourth-order valence-electron chi connectivity index (χ4n) is 1.49. The van der Waals surface area contributed by atoms with Crippen molar-refractivity contribution in [2.24, 2.45) is 5.41 Å². The lowest BCUT2D eigenvalue weighted by Gasteiger charge is -2.35. The van der Waals surface area contributed by atoms with Crippen molar-refractivity contribution >= 4 is 5.97 Å². The van der Waals surface area contributed by atoms with Gasteiger partial charge in [-0.15, -0.1) is 0 Å². The average molecular weight is 173 g/mol. The molecule has 70 valence electrons. The second-order valence-electron chi connectivity index (χ2n) is 3.55. The van der Waals surface area contributed by atoms with Crippen LogP contribution in [-0.4, -0.2) is 47.8 Å². The van der Waals surface area contributed by atoms with Gasteiger partial charge in [-0.25, -0.2) is 0 Å². The third kappa shape index (κ3) is 1.59. The van der Waals surface area contributed by atoms with E-state index in [1.54, 1.807) is 0 Å². The zero-order valence-electron chi connectivity index (χ0n) is 7.29. The van der Waals surface area contributed by atoms with Crippen molar-refractivity contribution in [3.63, 3.8) is 0 Å². The van der Waals surface area contributed by atoms with E-state index in [9.17, 15) is 4.79 Å². The first kappa shape index (κ1) is 9.48. The lowest BCUT2D eigenvalue weighted by molar-refractivity contribution is -0.154. The van der Waals surface area contributed by atoms with Gasteiger partial charge in [0, 0.05) is 0 Å². The lowest BCUT2D eigenvalue weighted by Crippen LogP contribution is -2.45. The molecule has 0 radical (unpaired) electrons. The van der Waals surface area contributed by atoms with E-state index in [1.165, 1.54) is 0 Å². The van der Waals surface area contributed by atoms with E-state index < -0.39 is 11.4 Å². The van der Waals surface area contributed by atoms with Crippen molar-refractivity contribution in [1.29, 1.82) is 0 Å². The fraction of sp³-hybridized carbons (Fsp3) is 0.875. The summed E-state index contributed by atoms with van der Waals surface area (Å²) in [6.45, 7) is 1.27. The predicted octanol–water partition coefficient (Wildman–Crippen LogP) is -0.225. The van der Waals surface area contributed by atoms with E-state index >= 15 is 0 Å². The number of rotatable bonds is 2. The number of aliphatic hydroxyl groups is 1. The highest BCUT2D eigenvalue weighted by Crippen LogP contribution is 2.30. The second-order valence-corrected chi connectivity index (χ2v) is 3.55. The molecular formula is C8H15NO3. The molecule has 1 saturated heterocycles. The summed E-state index contributed by atoms with van der Waals surface area (Å²) in [7, 11) is 1.96. The van der Waals surface area contributed by atoms with Gasteiger partial charge in [0.15, 0.2) is 0 Å². The smallest absolute Gasteiger partial charge is 0.312 e. The van der Waals surface area contributed by atoms with Crippen molar-refractivity contribution in [2.75, 3.05) is 26.7 Å². The summed E-state index contributed by atoms with van der Waals surface area (Å²) in [5.74, 6) is -0.863. The highest BCUT2D eigenvalue weighted by molar-refractivity contribution is 5.74. The molecule has 0 unspecified atom stereocenters. The molecule has 12 heavy (non-hydrogen) atoms. The summed E-state index contributed by atoms with van der Waals surface area (Å²) in [4.78, 5) is 12.9. The lowest BCUT2D eigenvalue weighted by atomic mass is 9.79. The Balaban J connectivity index is 2.63. The summed E-state index contributed by atoms with van der Waals surface area (Å²) in [5, 5.41) is 17.9. The molecule has 0 aromatic carbocycles. The molecule has 0 aliphatic carbocycles. The first-order valence-electron chi connectivity index (χ1n) is 4.13. The van der Waals surface area contributed by atoms with Crippen LogP contribution in [0.2, 0.25) is 0 Å². The molecule has 0 bridgehead atoms. The number of piperidine rings is 1. The van der Waals surface area contributed by atoms with Gasteiger partial charge in [0.25, 0.3) is 0 Å². The molecule has 0 aromatic heterocycles. The van der Waals surface area contributed by atoms with Gasteiger partial charge in [0.1, 0.15) is 0 Å². The summed E-state index contributed by atoms with van der Waals surface area (Å²) < 4.78 is 0. The third-order valence-electron chi connectivity index (χ3n) is 2.70. The number of hydrogen-bond acceptors (Lipinski definition) is 3. The zero-order valence-corrected chi connectivity index (χ0v) is 7.29. The number of carboxylic acids is 1. The van der Waals surface area contributed by atoms with Crippen LogP contribution < -0.4 is 0 Å². The minimum Gasteiger partial charge on any atom is -0.481 e. The van der Waals surface area contributed by atoms with Crippen molar-refractivity contribution in [2.45, 2.75) is 12.8 Å². The molecule has 4 heteroatoms. The van der Waals surface area contributed by atoms with E-state index in [1.807, 2.05) is 7.05 Å². The Morgan fingerprint density at radius 3 is 2.33 bits per heavy atom. The standard InChI is InChI=1S/C8H15NO3/c1-9-4-2-8(6-10,3-5-9)7(11)12/h10H,2-6H2,1H3,(H,11,12). The summed E-state index contributed by atoms with van der Waals surface area (Å²) in [5.41, 5.74) is -0.869. The summed E-state index contributed by atoms with van der Waals surface area (Å²) >= 11 is 0. The van der Waals surface area contributed by atoms with E-state index in [-0.39, 0.29) is 6.61 Å². The third-order valence-corrected chi connectivity index (χ3v) is 2.70.